The molecule has 2 aliphatic rings. The Balaban J connectivity index is 1.49. The number of methoxy groups -OCH3 is 1. The van der Waals surface area contributed by atoms with Crippen molar-refractivity contribution in [3.63, 3.8) is 0 Å². The van der Waals surface area contributed by atoms with Gasteiger partial charge in [-0.1, -0.05) is 6.07 Å². The van der Waals surface area contributed by atoms with E-state index in [9.17, 15) is 15.0 Å². The van der Waals surface area contributed by atoms with Gasteiger partial charge in [0.15, 0.2) is 11.5 Å². The predicted octanol–water partition coefficient (Wildman–Crippen LogP) is 0.0710. The smallest absolute Gasteiger partial charge is 0.234 e. The highest BCUT2D eigenvalue weighted by atomic mass is 16.5. The van der Waals surface area contributed by atoms with Crippen molar-refractivity contribution < 1.29 is 24.5 Å². The number of hydrogen-bond acceptors (Lipinski definition) is 7. The Kier molecular flexibility index (Phi) is 8.11. The number of piperidine rings is 1. The zero-order valence-corrected chi connectivity index (χ0v) is 17.2. The first-order valence-corrected chi connectivity index (χ1v) is 10.4. The number of carbonyl (C=O) groups is 1. The van der Waals surface area contributed by atoms with Crippen LogP contribution in [-0.4, -0.2) is 91.6 Å². The number of nitrogens with one attached hydrogen (secondary N) is 1. The Morgan fingerprint density at radius 2 is 2.00 bits per heavy atom. The second-order valence-corrected chi connectivity index (χ2v) is 7.94. The number of aliphatic hydroxyl groups excluding tert-OH is 2. The number of ether oxygens (including phenoxy) is 2. The van der Waals surface area contributed by atoms with Gasteiger partial charge in [-0.15, -0.1) is 0 Å². The van der Waals surface area contributed by atoms with Crippen molar-refractivity contribution in [1.82, 2.24) is 15.1 Å². The van der Waals surface area contributed by atoms with Crippen LogP contribution in [0.2, 0.25) is 0 Å². The monoisotopic (exact) mass is 407 g/mol. The summed E-state index contributed by atoms with van der Waals surface area (Å²) in [5, 5.41) is 22.3. The number of benzene rings is 1. The molecule has 2 aliphatic heterocycles. The van der Waals surface area contributed by atoms with Gasteiger partial charge in [0.05, 0.1) is 13.7 Å². The Morgan fingerprint density at radius 1 is 1.21 bits per heavy atom. The second-order valence-electron chi connectivity index (χ2n) is 7.94. The number of nitrogens with zero attached hydrogens (tertiary/aromatic N) is 2. The van der Waals surface area contributed by atoms with E-state index < -0.39 is 6.10 Å². The van der Waals surface area contributed by atoms with Gasteiger partial charge in [0, 0.05) is 32.8 Å². The van der Waals surface area contributed by atoms with Crippen molar-refractivity contribution in [2.45, 2.75) is 25.5 Å². The Hall–Kier alpha value is -1.87. The van der Waals surface area contributed by atoms with Gasteiger partial charge in [0.1, 0.15) is 12.7 Å². The van der Waals surface area contributed by atoms with E-state index in [1.54, 1.807) is 7.11 Å². The van der Waals surface area contributed by atoms with E-state index in [-0.39, 0.29) is 19.1 Å². The highest BCUT2D eigenvalue weighted by Crippen LogP contribution is 2.29. The maximum atomic E-state index is 11.4. The number of amides is 1. The first kappa shape index (κ1) is 21.8. The van der Waals surface area contributed by atoms with Crippen molar-refractivity contribution in [2.24, 2.45) is 5.92 Å². The average Bonchev–Trinajstić information content (AvgIpc) is 2.73. The molecule has 0 saturated carbocycles. The first-order valence-electron chi connectivity index (χ1n) is 10.4. The third kappa shape index (κ3) is 6.57. The molecule has 1 aromatic rings. The van der Waals surface area contributed by atoms with Gasteiger partial charge in [0.2, 0.25) is 5.91 Å². The van der Waals surface area contributed by atoms with Crippen LogP contribution in [0, 0.1) is 5.92 Å². The van der Waals surface area contributed by atoms with E-state index >= 15 is 0 Å². The zero-order chi connectivity index (χ0) is 20.6. The summed E-state index contributed by atoms with van der Waals surface area (Å²) in [4.78, 5) is 15.7. The standard InChI is InChI=1S/C21H33N3O5/c1-28-20-10-17(11-23-7-4-16(14-25)5-8-23)2-3-19(20)29-15-18(26)12-24-9-6-22-21(27)13-24/h2-3,10,16,18,25-26H,4-9,11-15H2,1H3,(H,22,27). The minimum absolute atomic E-state index is 0.0118. The molecule has 0 radical (unpaired) electrons. The summed E-state index contributed by atoms with van der Waals surface area (Å²) < 4.78 is 11.3. The third-order valence-electron chi connectivity index (χ3n) is 5.62. The van der Waals surface area contributed by atoms with Crippen LogP contribution in [0.25, 0.3) is 0 Å². The normalized spacial score (nSPS) is 20.3. The van der Waals surface area contributed by atoms with Crippen molar-refractivity contribution in [3.8, 4) is 11.5 Å². The second kappa shape index (κ2) is 10.8. The van der Waals surface area contributed by atoms with E-state index in [1.165, 1.54) is 0 Å². The quantitative estimate of drug-likeness (QED) is 0.533. The molecule has 162 valence electrons. The van der Waals surface area contributed by atoms with Crippen LogP contribution in [0.5, 0.6) is 11.5 Å². The molecular formula is C21H33N3O5. The lowest BCUT2D eigenvalue weighted by molar-refractivity contribution is -0.124. The first-order chi connectivity index (χ1) is 14.1. The minimum Gasteiger partial charge on any atom is -0.493 e. The maximum absolute atomic E-state index is 11.4. The number of likely N-dealkylation sites (tertiary alicyclic amines) is 1. The van der Waals surface area contributed by atoms with Crippen LogP contribution in [0.1, 0.15) is 18.4 Å². The van der Waals surface area contributed by atoms with Crippen molar-refractivity contribution in [2.75, 3.05) is 59.6 Å². The summed E-state index contributed by atoms with van der Waals surface area (Å²) in [5.74, 6) is 1.67. The van der Waals surface area contributed by atoms with Crippen molar-refractivity contribution >= 4 is 5.91 Å². The summed E-state index contributed by atoms with van der Waals surface area (Å²) in [6.07, 6.45) is 1.38. The van der Waals surface area contributed by atoms with Crippen LogP contribution >= 0.6 is 0 Å². The van der Waals surface area contributed by atoms with Gasteiger partial charge in [0.25, 0.3) is 0 Å². The molecule has 2 fully saturated rings. The lowest BCUT2D eigenvalue weighted by Gasteiger charge is -2.31. The van der Waals surface area contributed by atoms with E-state index in [1.807, 2.05) is 23.1 Å². The molecule has 0 aliphatic carbocycles. The van der Waals surface area contributed by atoms with Gasteiger partial charge in [-0.05, 0) is 49.5 Å². The molecule has 29 heavy (non-hydrogen) atoms. The number of carbonyl (C=O) groups excluding carboxylic acids is 1. The van der Waals surface area contributed by atoms with Crippen molar-refractivity contribution in [3.05, 3.63) is 23.8 Å². The fourth-order valence-electron chi connectivity index (χ4n) is 3.90. The molecule has 1 aromatic carbocycles. The number of piperazine rings is 1. The highest BCUT2D eigenvalue weighted by molar-refractivity contribution is 5.78. The molecular weight excluding hydrogens is 374 g/mol. The van der Waals surface area contributed by atoms with Crippen LogP contribution in [0.3, 0.4) is 0 Å². The number of β-amino-alcohol motifs (C(OH)–C–C–N with tert-alkyl or cyclic N) is 1. The molecule has 0 bridgehead atoms. The molecule has 2 saturated heterocycles. The van der Waals surface area contributed by atoms with Crippen LogP contribution in [0.15, 0.2) is 18.2 Å². The zero-order valence-electron chi connectivity index (χ0n) is 17.2. The van der Waals surface area contributed by atoms with E-state index in [0.717, 1.165) is 44.6 Å². The fourth-order valence-corrected chi connectivity index (χ4v) is 3.90. The van der Waals surface area contributed by atoms with E-state index in [4.69, 9.17) is 9.47 Å². The average molecular weight is 408 g/mol. The topological polar surface area (TPSA) is 94.5 Å². The summed E-state index contributed by atoms with van der Waals surface area (Å²) in [6, 6.07) is 5.89. The van der Waals surface area contributed by atoms with Gasteiger partial charge >= 0.3 is 0 Å². The Labute approximate surface area is 172 Å². The molecule has 3 N–H and O–H groups in total. The fraction of sp³-hybridized carbons (Fsp3) is 0.667. The van der Waals surface area contributed by atoms with Gasteiger partial charge in [-0.2, -0.15) is 0 Å². The summed E-state index contributed by atoms with van der Waals surface area (Å²) in [7, 11) is 1.61. The summed E-state index contributed by atoms with van der Waals surface area (Å²) in [5.41, 5.74) is 1.15. The number of hydrogen-bond donors (Lipinski definition) is 3. The van der Waals surface area contributed by atoms with E-state index in [0.29, 0.717) is 37.1 Å². The maximum Gasteiger partial charge on any atom is 0.234 e. The molecule has 1 unspecified atom stereocenters. The van der Waals surface area contributed by atoms with Crippen molar-refractivity contribution in [1.29, 1.82) is 0 Å². The minimum atomic E-state index is -0.682. The predicted molar refractivity (Wildman–Crippen MR) is 109 cm³/mol. The molecule has 1 amide bonds. The molecule has 0 aromatic heterocycles. The Bertz CT molecular complexity index is 664. The molecule has 1 atom stereocenters. The lowest BCUT2D eigenvalue weighted by Crippen LogP contribution is -2.50. The lowest BCUT2D eigenvalue weighted by atomic mass is 9.97. The SMILES string of the molecule is COc1cc(CN2CCC(CO)CC2)ccc1OCC(O)CN1CCNC(=O)C1. The molecule has 2 heterocycles. The largest absolute Gasteiger partial charge is 0.493 e. The Morgan fingerprint density at radius 3 is 2.69 bits per heavy atom. The van der Waals surface area contributed by atoms with Crippen LogP contribution in [0.4, 0.5) is 0 Å². The van der Waals surface area contributed by atoms with E-state index in [2.05, 4.69) is 10.2 Å². The van der Waals surface area contributed by atoms with Gasteiger partial charge in [-0.25, -0.2) is 0 Å². The van der Waals surface area contributed by atoms with Gasteiger partial charge in [-0.3, -0.25) is 14.6 Å². The summed E-state index contributed by atoms with van der Waals surface area (Å²) in [6.45, 7) is 5.30. The highest BCUT2D eigenvalue weighted by Gasteiger charge is 2.21. The van der Waals surface area contributed by atoms with Gasteiger partial charge < -0.3 is 25.0 Å². The number of rotatable bonds is 9. The van der Waals surface area contributed by atoms with Crippen LogP contribution in [-0.2, 0) is 11.3 Å². The molecule has 3 rings (SSSR count). The summed E-state index contributed by atoms with van der Waals surface area (Å²) >= 11 is 0. The molecule has 0 spiro atoms. The molecule has 8 heteroatoms. The number of aliphatic hydroxyl groups is 2. The molecule has 8 nitrogen and oxygen atoms in total. The third-order valence-corrected chi connectivity index (χ3v) is 5.62. The van der Waals surface area contributed by atoms with Crippen LogP contribution < -0.4 is 14.8 Å².